The number of fused-ring (bicyclic) bond motifs is 5. The van der Waals surface area contributed by atoms with Crippen LogP contribution in [0.25, 0.3) is 66.4 Å². The van der Waals surface area contributed by atoms with Crippen LogP contribution < -0.4 is 5.19 Å². The van der Waals surface area contributed by atoms with Crippen LogP contribution in [0.5, 0.6) is 0 Å². The normalized spacial score (nSPS) is 14.8. The Morgan fingerprint density at radius 1 is 0.679 bits per heavy atom. The quantitative estimate of drug-likeness (QED) is 0.118. The minimum atomic E-state index is -2.51. The first kappa shape index (κ1) is 30.5. The number of nitrogens with zero attached hydrogens (tertiary/aromatic N) is 2. The molecular formula is C51H52IrN2OSi-2. The van der Waals surface area contributed by atoms with Gasteiger partial charge >= 0.3 is 0 Å². The summed E-state index contributed by atoms with van der Waals surface area (Å²) in [4.78, 5) is 9.02. The summed E-state index contributed by atoms with van der Waals surface area (Å²) in [5, 5.41) is 5.01. The molecule has 8 rings (SSSR count). The van der Waals surface area contributed by atoms with E-state index in [0.29, 0.717) is 33.5 Å². The van der Waals surface area contributed by atoms with E-state index in [4.69, 9.17) is 16.8 Å². The van der Waals surface area contributed by atoms with Crippen LogP contribution in [-0.2, 0) is 25.5 Å². The zero-order valence-corrected chi connectivity index (χ0v) is 36.1. The molecule has 0 aliphatic carbocycles. The van der Waals surface area contributed by atoms with E-state index in [9.17, 15) is 0 Å². The molecular weight excluding hydrogens is 877 g/mol. The Morgan fingerprint density at radius 3 is 2.12 bits per heavy atom. The summed E-state index contributed by atoms with van der Waals surface area (Å²) in [5.41, 5.74) is 6.43. The van der Waals surface area contributed by atoms with Crippen LogP contribution in [0, 0.1) is 32.7 Å². The van der Waals surface area contributed by atoms with Gasteiger partial charge in [-0.1, -0.05) is 155 Å². The second-order valence-electron chi connectivity index (χ2n) is 15.3. The maximum atomic E-state index is 8.49. The largest absolute Gasteiger partial charge is 0.500 e. The number of hydrogen-bond donors (Lipinski definition) is 0. The number of benzene rings is 5. The molecule has 0 saturated heterocycles. The van der Waals surface area contributed by atoms with Crippen molar-refractivity contribution in [3.8, 4) is 33.6 Å². The number of rotatable bonds is 7. The second kappa shape index (κ2) is 16.8. The zero-order chi connectivity index (χ0) is 46.4. The fraction of sp³-hybridized carbons (Fsp3) is 0.255. The van der Waals surface area contributed by atoms with E-state index in [2.05, 4.69) is 69.7 Å². The molecule has 0 spiro atoms. The average Bonchev–Trinajstić information content (AvgIpc) is 3.66. The molecule has 3 heterocycles. The van der Waals surface area contributed by atoms with Crippen LogP contribution >= 0.6 is 0 Å². The number of aromatic nitrogens is 2. The van der Waals surface area contributed by atoms with Gasteiger partial charge in [-0.15, -0.1) is 53.6 Å². The van der Waals surface area contributed by atoms with E-state index in [1.807, 2.05) is 79.0 Å². The number of hydrogen-bond acceptors (Lipinski definition) is 3. The number of aryl methyl sites for hydroxylation is 3. The van der Waals surface area contributed by atoms with Crippen LogP contribution in [0.15, 0.2) is 120 Å². The average molecular weight is 938 g/mol. The van der Waals surface area contributed by atoms with Gasteiger partial charge in [0.1, 0.15) is 5.58 Å². The molecule has 5 aromatic carbocycles. The van der Waals surface area contributed by atoms with Crippen molar-refractivity contribution < 1.29 is 36.9 Å². The SMILES string of the molecule is [2H]C([2H])([2H])c1c[c-]c(-c2ccc(C(C)(C)C)cn2)cc1.[2H]C([2H])([2H])c1cnc(-c2[c-]ccc3c2oc2c4ccccc4ccc32)cc1-c1ccc([Si](CC)(CC)CC)cc1C([2H])([2H])[2H].[Ir]. The fourth-order valence-electron chi connectivity index (χ4n) is 7.53. The van der Waals surface area contributed by atoms with E-state index in [1.54, 1.807) is 18.2 Å². The Balaban J connectivity index is 0.000000280. The third-order valence-corrected chi connectivity index (χ3v) is 16.8. The Bertz CT molecular complexity index is 2880. The molecule has 0 aliphatic heterocycles. The Labute approximate surface area is 360 Å². The predicted octanol–water partition coefficient (Wildman–Crippen LogP) is 13.8. The minimum Gasteiger partial charge on any atom is -0.500 e. The van der Waals surface area contributed by atoms with E-state index >= 15 is 0 Å². The summed E-state index contributed by atoms with van der Waals surface area (Å²) >= 11 is 0. The van der Waals surface area contributed by atoms with E-state index in [1.165, 1.54) is 17.8 Å². The molecule has 3 aromatic heterocycles. The van der Waals surface area contributed by atoms with Gasteiger partial charge in [0.15, 0.2) is 0 Å². The van der Waals surface area contributed by atoms with Crippen molar-refractivity contribution in [1.82, 2.24) is 9.97 Å². The summed E-state index contributed by atoms with van der Waals surface area (Å²) in [6.45, 7) is 5.93. The molecule has 1 radical (unpaired) electrons. The Morgan fingerprint density at radius 2 is 1.45 bits per heavy atom. The molecule has 5 heteroatoms. The van der Waals surface area contributed by atoms with Crippen LogP contribution in [-0.4, -0.2) is 18.0 Å². The first-order valence-corrected chi connectivity index (χ1v) is 21.6. The van der Waals surface area contributed by atoms with E-state index in [0.717, 1.165) is 61.7 Å². The molecule has 287 valence electrons. The molecule has 56 heavy (non-hydrogen) atoms. The standard InChI is InChI=1S/C35H34NOSi.C16H18N.Ir/c1-6-38(7-2,8-3)26-17-19-27(23(4)20-26)32-21-33(36-22-24(32)5)31-15-11-14-29-30-18-16-25-12-9-10-13-28(25)34(30)37-35(29)31;1-12-5-7-13(8-6-12)15-10-9-14(11-17-15)16(2,3)4;/h9-14,16-22H,6-8H2,1-5H3;5-7,9-11H,1-4H3;/q2*-1;/i4D3,5D3;1D3;. The Hall–Kier alpha value is -4.67. The number of pyridine rings is 2. The second-order valence-corrected chi connectivity index (χ2v) is 20.5. The smallest absolute Gasteiger partial charge is 0.128 e. The maximum Gasteiger partial charge on any atom is 0.128 e. The van der Waals surface area contributed by atoms with Gasteiger partial charge < -0.3 is 14.4 Å². The van der Waals surface area contributed by atoms with Gasteiger partial charge in [-0.2, -0.15) is 0 Å². The van der Waals surface area contributed by atoms with Crippen molar-refractivity contribution in [1.29, 1.82) is 0 Å². The monoisotopic (exact) mass is 938 g/mol. The van der Waals surface area contributed by atoms with Gasteiger partial charge in [0.05, 0.1) is 13.7 Å². The summed E-state index contributed by atoms with van der Waals surface area (Å²) in [7, 11) is -1.90. The fourth-order valence-corrected chi connectivity index (χ4v) is 11.1. The van der Waals surface area contributed by atoms with E-state index < -0.39 is 28.6 Å². The van der Waals surface area contributed by atoms with Crippen LogP contribution in [0.3, 0.4) is 0 Å². The summed E-state index contributed by atoms with van der Waals surface area (Å²) in [5.74, 6) is 0. The van der Waals surface area contributed by atoms with Crippen molar-refractivity contribution in [2.75, 3.05) is 0 Å². The van der Waals surface area contributed by atoms with Gasteiger partial charge in [-0.05, 0) is 63.7 Å². The topological polar surface area (TPSA) is 38.9 Å². The minimum absolute atomic E-state index is 0. The molecule has 0 saturated carbocycles. The third-order valence-electron chi connectivity index (χ3n) is 11.2. The maximum absolute atomic E-state index is 8.49. The molecule has 0 aliphatic rings. The van der Waals surface area contributed by atoms with Gasteiger partial charge in [-0.3, -0.25) is 0 Å². The summed E-state index contributed by atoms with van der Waals surface area (Å²) in [6, 6.07) is 41.4. The van der Waals surface area contributed by atoms with Crippen molar-refractivity contribution >= 4 is 46.0 Å². The third kappa shape index (κ3) is 7.96. The van der Waals surface area contributed by atoms with Gasteiger partial charge in [-0.25, -0.2) is 0 Å². The van der Waals surface area contributed by atoms with Crippen molar-refractivity contribution in [3.63, 3.8) is 0 Å². The molecule has 0 unspecified atom stereocenters. The number of furan rings is 1. The molecule has 0 amide bonds. The van der Waals surface area contributed by atoms with Gasteiger partial charge in [0.25, 0.3) is 0 Å². The zero-order valence-electron chi connectivity index (χ0n) is 41.7. The molecule has 0 atom stereocenters. The van der Waals surface area contributed by atoms with Crippen LogP contribution in [0.1, 0.15) is 76.1 Å². The van der Waals surface area contributed by atoms with Crippen LogP contribution in [0.2, 0.25) is 18.1 Å². The van der Waals surface area contributed by atoms with Gasteiger partial charge in [0.2, 0.25) is 0 Å². The van der Waals surface area contributed by atoms with Gasteiger partial charge in [0, 0.05) is 55.6 Å². The molecule has 8 aromatic rings. The molecule has 0 fully saturated rings. The molecule has 0 bridgehead atoms. The first-order chi connectivity index (χ1) is 30.1. The Kier molecular flexibility index (Phi) is 9.15. The first-order valence-electron chi connectivity index (χ1n) is 23.5. The summed E-state index contributed by atoms with van der Waals surface area (Å²) < 4.78 is 78.9. The van der Waals surface area contributed by atoms with Crippen molar-refractivity contribution in [3.05, 3.63) is 150 Å². The van der Waals surface area contributed by atoms with Crippen molar-refractivity contribution in [2.45, 2.75) is 85.6 Å². The van der Waals surface area contributed by atoms with Crippen molar-refractivity contribution in [2.24, 2.45) is 0 Å². The molecule has 0 N–H and O–H groups in total. The van der Waals surface area contributed by atoms with Crippen LogP contribution in [0.4, 0.5) is 0 Å². The molecule has 3 nitrogen and oxygen atoms in total. The summed E-state index contributed by atoms with van der Waals surface area (Å²) in [6.07, 6.45) is 3.21. The predicted molar refractivity (Wildman–Crippen MR) is 237 cm³/mol. The van der Waals surface area contributed by atoms with E-state index in [-0.39, 0.29) is 36.6 Å².